The number of nitro benzene ring substituents is 1. The number of thiophene rings is 1. The van der Waals surface area contributed by atoms with Gasteiger partial charge in [-0.1, -0.05) is 55.2 Å². The number of nitro groups is 1. The summed E-state index contributed by atoms with van der Waals surface area (Å²) in [5, 5.41) is 171. The number of carbonyl (C=O) groups is 8. The quantitative estimate of drug-likeness (QED) is 0.0357. The zero-order valence-electron chi connectivity index (χ0n) is 68.0. The highest BCUT2D eigenvalue weighted by molar-refractivity contribution is 7.15. The standard InChI is InChI=1S/C83H93Cl2N11O30S/c1-31(2)18-45(88-5)74(109)94-62-64(102)35-9-15-49(43(84)20-35)120-51-22-37-23-52(71(51)125-82-69(107)67(105)72(54(30-97)123-82)126-81-68(106)66(104)65(103)53(122-81)29-89-28-40-13-17-55(127-40)33-6-11-38(12-7-33)96(117)118)121-50-16-10-36(21-44(50)85)70(124-57-27-83(4,87)73(108)32(3)119-57)63-79(114)93-61(80(115)116)42-24-39(98)25-48(100)58(42)41-19-34(8-14-47(41)99)59(76(111)95-63)92-77(112)60(37)91-75(110)46(26-56(86)101)90-78(62)113/h6-17,19-25,31-32,45-46,53-54,57,59-70,72-73,81-82,88-89,97-100,102-108H,18,26-30,87H2,1-5H3,(H2,86,101)(H,90,113)(H,91,110)(H,92,112)(H,93,114)(H,94,109)(H,95,111)(H,115,116)/t32-,45+,46-,53+,54+,57-,59+,60+,61+,62+,63-,64+,65-,66-,67+,68+,69+,70+,72+,73-,81+,82?,83-/m0/s1. The van der Waals surface area contributed by atoms with Gasteiger partial charge in [-0.15, -0.1) is 11.3 Å². The Labute approximate surface area is 735 Å². The van der Waals surface area contributed by atoms with Gasteiger partial charge >= 0.3 is 5.97 Å². The number of ether oxygens (including phenoxy) is 8. The number of nitrogens with zero attached hydrogens (tertiary/aromatic N) is 1. The molecule has 8 aliphatic rings. The van der Waals surface area contributed by atoms with Gasteiger partial charge in [0.05, 0.1) is 46.2 Å². The molecule has 41 nitrogen and oxygen atoms in total. The summed E-state index contributed by atoms with van der Waals surface area (Å²) in [6.45, 7) is 5.30. The van der Waals surface area contributed by atoms with E-state index in [-0.39, 0.29) is 48.7 Å². The summed E-state index contributed by atoms with van der Waals surface area (Å²) in [6, 6.07) is 8.28. The SMILES string of the molecule is CN[C@H](CC(C)C)C(=O)N[C@H]1C(=O)N[C@@H](CC(N)=O)C(=O)N[C@H]2C(=O)N[C@H]3C(=O)N[C@H](C(=O)N[C@@H](C(=O)O)c4cc(O)cc(O)c4-c4cc3ccc4O)[C@H](O[C@H]3C[C@](C)(N)[C@@H](O)[C@H](C)O3)c3ccc(c(Cl)c3)Oc3cc2cc(c3OC2O[C@H](CO)[C@@H](O[C@H]3O[C@H](CNCc4ccc(-c5ccc([N+](=O)[O-])cc5)s4)[C@H](O)[C@H](O)[C@H]3O)[C@H](O)[C@H]2O)Oc2ccc(cc2Cl)[C@H]1O. The number of fused-ring (bicyclic) bond motifs is 15. The van der Waals surface area contributed by atoms with Gasteiger partial charge in [0.25, 0.3) is 5.69 Å². The Kier molecular flexibility index (Phi) is 28.6. The summed E-state index contributed by atoms with van der Waals surface area (Å²) in [4.78, 5) is 133. The van der Waals surface area contributed by atoms with E-state index in [1.807, 2.05) is 0 Å². The molecule has 3 fully saturated rings. The number of non-ortho nitro benzene ring substituents is 1. The number of hydrogen-bond acceptors (Lipinski definition) is 33. The van der Waals surface area contributed by atoms with E-state index in [9.17, 15) is 85.8 Å². The van der Waals surface area contributed by atoms with E-state index in [1.165, 1.54) is 56.5 Å². The van der Waals surface area contributed by atoms with Crippen LogP contribution in [-0.2, 0) is 68.6 Å². The molecular weight excluding hydrogens is 1730 g/mol. The highest BCUT2D eigenvalue weighted by Crippen LogP contribution is 2.51. The number of phenolic OH excluding ortho intramolecular Hbond substituents is 3. The number of likely N-dealkylation sites (N-methyl/N-ethyl adjacent to an activating group) is 1. The highest BCUT2D eigenvalue weighted by Gasteiger charge is 2.53. The number of halogens is 2. The molecule has 0 spiro atoms. The summed E-state index contributed by atoms with van der Waals surface area (Å²) in [5.74, 6) is -16.8. The highest BCUT2D eigenvalue weighted by atomic mass is 35.5. The van der Waals surface area contributed by atoms with Crippen molar-refractivity contribution in [3.05, 3.63) is 168 Å². The molecule has 15 rings (SSSR count). The molecule has 0 radical (unpaired) electrons. The van der Waals surface area contributed by atoms with Crippen LogP contribution in [0.1, 0.15) is 110 Å². The van der Waals surface area contributed by atoms with E-state index in [1.54, 1.807) is 38.1 Å². The number of aliphatic hydroxyl groups is 8. The number of aromatic hydroxyl groups is 3. The fourth-order valence-electron chi connectivity index (χ4n) is 15.7. The number of phenols is 3. The van der Waals surface area contributed by atoms with Crippen LogP contribution in [0.5, 0.6) is 46.0 Å². The average Bonchev–Trinajstić information content (AvgIpc) is 1.08. The number of nitrogens with two attached hydrogens (primary N) is 2. The number of aliphatic carboxylic acids is 1. The minimum Gasteiger partial charge on any atom is -0.508 e. The van der Waals surface area contributed by atoms with Gasteiger partial charge in [-0.05, 0) is 140 Å². The van der Waals surface area contributed by atoms with Gasteiger partial charge in [0.15, 0.2) is 30.1 Å². The number of amides is 7. The molecule has 7 amide bonds. The Hall–Kier alpha value is -11.1. The van der Waals surface area contributed by atoms with Crippen molar-refractivity contribution in [2.24, 2.45) is 17.4 Å². The summed E-state index contributed by atoms with van der Waals surface area (Å²) >= 11 is 15.8. The number of nitrogens with one attached hydrogen (secondary N) is 8. The lowest BCUT2D eigenvalue weighted by atomic mass is 9.86. The lowest BCUT2D eigenvalue weighted by molar-refractivity contribution is -0.384. The number of benzene rings is 6. The summed E-state index contributed by atoms with van der Waals surface area (Å²) in [6.07, 6.45) is -29.5. The van der Waals surface area contributed by atoms with Crippen molar-refractivity contribution < 1.29 is 142 Å². The molecule has 11 bridgehead atoms. The molecule has 3 saturated heterocycles. The van der Waals surface area contributed by atoms with E-state index >= 15 is 24.0 Å². The van der Waals surface area contributed by atoms with E-state index in [4.69, 9.17) is 72.6 Å². The predicted molar refractivity (Wildman–Crippen MR) is 443 cm³/mol. The monoisotopic (exact) mass is 1830 g/mol. The first-order valence-corrected chi connectivity index (χ1v) is 41.4. The molecule has 6 aromatic carbocycles. The molecule has 9 heterocycles. The van der Waals surface area contributed by atoms with Crippen LogP contribution in [0.3, 0.4) is 0 Å². The van der Waals surface area contributed by atoms with Crippen LogP contribution in [0.25, 0.3) is 21.6 Å². The van der Waals surface area contributed by atoms with Crippen molar-refractivity contribution in [2.75, 3.05) is 20.2 Å². The number of primary amides is 1. The molecule has 1 aromatic heterocycles. The molecule has 0 saturated carbocycles. The van der Waals surface area contributed by atoms with Gasteiger partial charge in [0.1, 0.15) is 120 Å². The van der Waals surface area contributed by atoms with Crippen LogP contribution in [-0.4, -0.2) is 243 Å². The third-order valence-corrected chi connectivity index (χ3v) is 24.1. The lowest BCUT2D eigenvalue weighted by Gasteiger charge is -2.46. The first kappa shape index (κ1) is 93.6. The molecular formula is C83H93Cl2N11O30S. The average molecular weight is 1830 g/mol. The smallest absolute Gasteiger partial charge is 0.330 e. The first-order chi connectivity index (χ1) is 60.2. The van der Waals surface area contributed by atoms with Crippen LogP contribution in [0.4, 0.5) is 5.69 Å². The third kappa shape index (κ3) is 20.4. The second-order valence-corrected chi connectivity index (χ2v) is 34.0. The minimum absolute atomic E-state index is 0.103. The molecule has 44 heteroatoms. The number of carboxylic acids is 1. The largest absolute Gasteiger partial charge is 0.508 e. The fourth-order valence-corrected chi connectivity index (χ4v) is 17.1. The number of rotatable bonds is 21. The molecule has 0 aliphatic carbocycles. The van der Waals surface area contributed by atoms with Crippen LogP contribution in [0.2, 0.25) is 10.0 Å². The Balaban J connectivity index is 0.957. The van der Waals surface area contributed by atoms with Crippen molar-refractivity contribution in [3.8, 4) is 67.6 Å². The third-order valence-electron chi connectivity index (χ3n) is 22.4. The van der Waals surface area contributed by atoms with Crippen LogP contribution in [0.15, 0.2) is 115 Å². The molecule has 8 aliphatic heterocycles. The maximum absolute atomic E-state index is 16.4. The van der Waals surface area contributed by atoms with Crippen molar-refractivity contribution >= 4 is 87.5 Å². The van der Waals surface area contributed by atoms with Crippen LogP contribution < -0.4 is 68.2 Å². The topological polar surface area (TPSA) is 645 Å². The zero-order chi connectivity index (χ0) is 91.8. The molecule has 127 heavy (non-hydrogen) atoms. The van der Waals surface area contributed by atoms with Gasteiger partial charge in [-0.2, -0.15) is 0 Å². The fraction of sp³-hybridized carbons (Fsp3) is 0.422. The van der Waals surface area contributed by atoms with Gasteiger partial charge in [-0.3, -0.25) is 43.7 Å². The Morgan fingerprint density at radius 1 is 0.685 bits per heavy atom. The number of carboxylic acid groups (broad SMARTS) is 1. The summed E-state index contributed by atoms with van der Waals surface area (Å²) in [5.41, 5.74) is 8.51. The molecule has 680 valence electrons. The maximum atomic E-state index is 16.4. The van der Waals surface area contributed by atoms with Gasteiger partial charge in [-0.25, -0.2) is 4.79 Å². The van der Waals surface area contributed by atoms with Crippen molar-refractivity contribution in [1.82, 2.24) is 42.5 Å². The Bertz CT molecular complexity index is 5340. The Morgan fingerprint density at radius 3 is 1.94 bits per heavy atom. The second kappa shape index (κ2) is 38.9. The summed E-state index contributed by atoms with van der Waals surface area (Å²) in [7, 11) is 1.46. The van der Waals surface area contributed by atoms with Gasteiger partial charge < -0.3 is 153 Å². The van der Waals surface area contributed by atoms with Crippen LogP contribution >= 0.6 is 34.5 Å². The number of hydrogen-bond donors (Lipinski definition) is 22. The molecule has 24 N–H and O–H groups in total. The van der Waals surface area contributed by atoms with Crippen molar-refractivity contribution in [3.63, 3.8) is 0 Å². The van der Waals surface area contributed by atoms with E-state index in [0.717, 1.165) is 76.5 Å². The molecule has 23 atom stereocenters. The minimum atomic E-state index is -2.44. The van der Waals surface area contributed by atoms with Gasteiger partial charge in [0, 0.05) is 69.7 Å². The summed E-state index contributed by atoms with van der Waals surface area (Å²) < 4.78 is 51.2. The van der Waals surface area contributed by atoms with Gasteiger partial charge in [0.2, 0.25) is 53.4 Å². The first-order valence-electron chi connectivity index (χ1n) is 39.9. The lowest BCUT2D eigenvalue weighted by Crippen LogP contribution is -2.65. The number of carbonyl (C=O) groups excluding carboxylic acids is 7. The van der Waals surface area contributed by atoms with E-state index in [2.05, 4.69) is 42.5 Å². The van der Waals surface area contributed by atoms with Crippen molar-refractivity contribution in [2.45, 2.75) is 193 Å². The van der Waals surface area contributed by atoms with Crippen LogP contribution in [0, 0.1) is 16.0 Å². The molecule has 1 unspecified atom stereocenters. The second-order valence-electron chi connectivity index (χ2n) is 32.0. The van der Waals surface area contributed by atoms with E-state index < -0.39 is 289 Å². The number of aliphatic hydroxyl groups excluding tert-OH is 8. The van der Waals surface area contributed by atoms with E-state index in [0.29, 0.717) is 5.56 Å². The maximum Gasteiger partial charge on any atom is 0.330 e. The Morgan fingerprint density at radius 2 is 1.31 bits per heavy atom. The normalized spacial score (nSPS) is 29.5. The molecule has 7 aromatic rings. The predicted octanol–water partition coefficient (Wildman–Crippen LogP) is 1.36. The zero-order valence-corrected chi connectivity index (χ0v) is 70.3. The van der Waals surface area contributed by atoms with Crippen molar-refractivity contribution in [1.29, 1.82) is 0 Å².